The normalized spacial score (nSPS) is 14.5. The number of anilines is 1. The smallest absolute Gasteiger partial charge is 0.338 e. The van der Waals surface area contributed by atoms with Crippen molar-refractivity contribution in [3.8, 4) is 22.6 Å². The van der Waals surface area contributed by atoms with Crippen molar-refractivity contribution in [3.63, 3.8) is 0 Å². The summed E-state index contributed by atoms with van der Waals surface area (Å²) in [6, 6.07) is 5.32. The molecule has 0 aliphatic carbocycles. The van der Waals surface area contributed by atoms with Gasteiger partial charge in [0.1, 0.15) is 23.1 Å². The zero-order valence-corrected chi connectivity index (χ0v) is 18.7. The van der Waals surface area contributed by atoms with Crippen LogP contribution < -0.4 is 14.2 Å². The fourth-order valence-electron chi connectivity index (χ4n) is 3.35. The van der Waals surface area contributed by atoms with E-state index in [2.05, 4.69) is 9.71 Å². The lowest BCUT2D eigenvalue weighted by atomic mass is 10.0. The second-order valence-corrected chi connectivity index (χ2v) is 8.93. The Morgan fingerprint density at radius 3 is 2.55 bits per heavy atom. The minimum atomic E-state index is -4.42. The zero-order valence-electron chi connectivity index (χ0n) is 17.1. The number of halogens is 3. The number of carbonyl (C=O) groups excluding carboxylic acids is 1. The molecule has 12 heteroatoms. The molecule has 2 aromatic carbocycles. The Kier molecular flexibility index (Phi) is 5.85. The van der Waals surface area contributed by atoms with Crippen LogP contribution in [0.4, 0.5) is 14.5 Å². The number of pyridine rings is 1. The van der Waals surface area contributed by atoms with Crippen molar-refractivity contribution in [1.82, 2.24) is 4.98 Å². The molecule has 172 valence electrons. The van der Waals surface area contributed by atoms with Gasteiger partial charge in [0.15, 0.2) is 5.75 Å². The first-order chi connectivity index (χ1) is 15.6. The molecule has 4 bridgehead atoms. The van der Waals surface area contributed by atoms with Gasteiger partial charge in [-0.05, 0) is 18.2 Å². The summed E-state index contributed by atoms with van der Waals surface area (Å²) in [7, 11) is -1.98. The molecule has 1 aromatic heterocycles. The van der Waals surface area contributed by atoms with Gasteiger partial charge in [0, 0.05) is 35.0 Å². The number of benzene rings is 2. The summed E-state index contributed by atoms with van der Waals surface area (Å²) in [6.07, 6.45) is 1.06. The number of hydrogen-bond acceptors (Lipinski definition) is 7. The second kappa shape index (κ2) is 8.49. The number of nitrogens with one attached hydrogen (secondary N) is 1. The van der Waals surface area contributed by atoms with Crippen LogP contribution >= 0.6 is 11.6 Å². The van der Waals surface area contributed by atoms with Gasteiger partial charge < -0.3 is 14.2 Å². The minimum Gasteiger partial charge on any atom is -0.494 e. The van der Waals surface area contributed by atoms with Crippen LogP contribution in [0.25, 0.3) is 11.1 Å². The third kappa shape index (κ3) is 4.16. The Morgan fingerprint density at radius 2 is 1.85 bits per heavy atom. The molecular weight excluding hydrogens is 482 g/mol. The first-order valence-electron chi connectivity index (χ1n) is 9.24. The van der Waals surface area contributed by atoms with Crippen LogP contribution in [0.3, 0.4) is 0 Å². The summed E-state index contributed by atoms with van der Waals surface area (Å²) in [4.78, 5) is 15.7. The lowest BCUT2D eigenvalue weighted by Crippen LogP contribution is -2.16. The van der Waals surface area contributed by atoms with Crippen molar-refractivity contribution in [2.45, 2.75) is 11.5 Å². The van der Waals surface area contributed by atoms with E-state index in [1.54, 1.807) is 0 Å². The molecular formula is C21H15ClF2N2O6S. The number of carbonyl (C=O) groups is 1. The molecule has 0 atom stereocenters. The number of cyclic esters (lactones) is 1. The monoisotopic (exact) mass is 496 g/mol. The van der Waals surface area contributed by atoms with Gasteiger partial charge in [0.25, 0.3) is 10.0 Å². The minimum absolute atomic E-state index is 0.0892. The third-order valence-corrected chi connectivity index (χ3v) is 6.53. The number of ether oxygens (including phenoxy) is 3. The quantitative estimate of drug-likeness (QED) is 0.419. The first kappa shape index (κ1) is 22.7. The molecule has 0 unspecified atom stereocenters. The molecule has 1 aliphatic heterocycles. The van der Waals surface area contributed by atoms with E-state index in [1.807, 2.05) is 0 Å². The van der Waals surface area contributed by atoms with Crippen LogP contribution in [0.1, 0.15) is 15.9 Å². The Morgan fingerprint density at radius 1 is 1.09 bits per heavy atom. The summed E-state index contributed by atoms with van der Waals surface area (Å²) < 4.78 is 73.1. The van der Waals surface area contributed by atoms with E-state index < -0.39 is 39.3 Å². The highest BCUT2D eigenvalue weighted by Crippen LogP contribution is 2.39. The average Bonchev–Trinajstić information content (AvgIpc) is 2.77. The van der Waals surface area contributed by atoms with Crippen molar-refractivity contribution < 1.29 is 36.2 Å². The van der Waals surface area contributed by atoms with E-state index >= 15 is 0 Å². The second-order valence-electron chi connectivity index (χ2n) is 6.87. The zero-order chi connectivity index (χ0) is 23.9. The molecule has 33 heavy (non-hydrogen) atoms. The van der Waals surface area contributed by atoms with E-state index in [-0.39, 0.29) is 44.5 Å². The number of sulfonamides is 1. The van der Waals surface area contributed by atoms with Crippen LogP contribution in [-0.4, -0.2) is 33.6 Å². The number of fused-ring (bicyclic) bond motifs is 6. The maximum absolute atomic E-state index is 14.9. The number of rotatable bonds is 2. The van der Waals surface area contributed by atoms with Crippen molar-refractivity contribution >= 4 is 33.3 Å². The van der Waals surface area contributed by atoms with Crippen LogP contribution in [0.2, 0.25) is 5.02 Å². The fraction of sp³-hybridized carbons (Fsp3) is 0.143. The van der Waals surface area contributed by atoms with E-state index in [9.17, 15) is 22.0 Å². The lowest BCUT2D eigenvalue weighted by Gasteiger charge is -2.17. The summed E-state index contributed by atoms with van der Waals surface area (Å²) in [5.41, 5.74) is -0.247. The predicted octanol–water partition coefficient (Wildman–Crippen LogP) is 4.17. The van der Waals surface area contributed by atoms with Gasteiger partial charge in [-0.2, -0.15) is 4.39 Å². The maximum Gasteiger partial charge on any atom is 0.338 e. The van der Waals surface area contributed by atoms with Crippen molar-refractivity contribution in [1.29, 1.82) is 0 Å². The largest absolute Gasteiger partial charge is 0.494 e. The number of nitrogens with zero attached hydrogens (tertiary/aromatic N) is 1. The molecule has 4 rings (SSSR count). The Hall–Kier alpha value is -3.44. The highest BCUT2D eigenvalue weighted by atomic mass is 35.5. The highest BCUT2D eigenvalue weighted by Gasteiger charge is 2.28. The molecule has 1 aliphatic rings. The Balaban J connectivity index is 2.04. The van der Waals surface area contributed by atoms with Crippen LogP contribution in [0, 0.1) is 11.8 Å². The molecule has 0 spiro atoms. The van der Waals surface area contributed by atoms with E-state index in [0.29, 0.717) is 0 Å². The average molecular weight is 497 g/mol. The number of esters is 1. The molecule has 8 nitrogen and oxygen atoms in total. The van der Waals surface area contributed by atoms with Crippen LogP contribution in [0.5, 0.6) is 11.5 Å². The summed E-state index contributed by atoms with van der Waals surface area (Å²) in [6.45, 7) is -0.451. The van der Waals surface area contributed by atoms with Crippen LogP contribution in [-0.2, 0) is 21.4 Å². The lowest BCUT2D eigenvalue weighted by molar-refractivity contribution is 0.0472. The highest BCUT2D eigenvalue weighted by molar-refractivity contribution is 7.92. The fourth-order valence-corrected chi connectivity index (χ4v) is 4.98. The van der Waals surface area contributed by atoms with Gasteiger partial charge in [-0.1, -0.05) is 11.6 Å². The topological polar surface area (TPSA) is 104 Å². The number of methoxy groups -OCH3 is 2. The summed E-state index contributed by atoms with van der Waals surface area (Å²) in [5, 5.41) is -0.162. The van der Waals surface area contributed by atoms with Crippen molar-refractivity contribution in [3.05, 3.63) is 64.4 Å². The van der Waals surface area contributed by atoms with Crippen LogP contribution in [0.15, 0.2) is 41.4 Å². The van der Waals surface area contributed by atoms with Gasteiger partial charge >= 0.3 is 5.97 Å². The summed E-state index contributed by atoms with van der Waals surface area (Å²) in [5.74, 6) is -2.96. The Labute approximate surface area is 192 Å². The van der Waals surface area contributed by atoms with E-state index in [1.165, 1.54) is 26.4 Å². The van der Waals surface area contributed by atoms with Crippen molar-refractivity contribution in [2.24, 2.45) is 0 Å². The standard InChI is InChI=1S/C21H15ClF2N2O6S/c1-30-17-7-15(23)12-6-16(17)26-33(28,29)18-4-10(3-14(22)20(18)31-2)21(27)32-9-11-5-19(24)25-8-13(11)12/h3-8,26H,9H2,1-2H3. The molecule has 1 N–H and O–H groups in total. The molecule has 2 heterocycles. The Bertz CT molecular complexity index is 1400. The van der Waals surface area contributed by atoms with Gasteiger partial charge in [0.2, 0.25) is 5.95 Å². The van der Waals surface area contributed by atoms with Gasteiger partial charge in [-0.15, -0.1) is 0 Å². The summed E-state index contributed by atoms with van der Waals surface area (Å²) >= 11 is 6.16. The molecule has 3 aromatic rings. The maximum atomic E-state index is 14.9. The van der Waals surface area contributed by atoms with E-state index in [4.69, 9.17) is 25.8 Å². The predicted molar refractivity (Wildman–Crippen MR) is 114 cm³/mol. The molecule has 0 fully saturated rings. The van der Waals surface area contributed by atoms with Gasteiger partial charge in [-0.3, -0.25) is 4.72 Å². The molecule has 0 saturated heterocycles. The molecule has 0 saturated carbocycles. The van der Waals surface area contributed by atoms with Crippen molar-refractivity contribution in [2.75, 3.05) is 18.9 Å². The number of aromatic nitrogens is 1. The van der Waals surface area contributed by atoms with Gasteiger partial charge in [0.05, 0.1) is 30.5 Å². The molecule has 0 radical (unpaired) electrons. The van der Waals surface area contributed by atoms with E-state index in [0.717, 1.165) is 24.4 Å². The first-order valence-corrected chi connectivity index (χ1v) is 11.1. The number of hydrogen-bond donors (Lipinski definition) is 1. The third-order valence-electron chi connectivity index (χ3n) is 4.88. The SMILES string of the molecule is COc1cc(F)c2cc1NS(=O)(=O)c1cc(cc(Cl)c1OC)C(=O)OCc1cc(F)ncc1-2. The van der Waals surface area contributed by atoms with Gasteiger partial charge in [-0.25, -0.2) is 22.6 Å². The molecule has 0 amide bonds.